The maximum absolute atomic E-state index is 13.3. The fourth-order valence-electron chi connectivity index (χ4n) is 1.47. The Morgan fingerprint density at radius 2 is 1.46 bits per heavy atom. The summed E-state index contributed by atoms with van der Waals surface area (Å²) in [5, 5.41) is 9.45. The molecule has 0 aliphatic rings. The second-order valence-electron chi connectivity index (χ2n) is 4.15. The average Bonchev–Trinajstić information content (AvgIpc) is 2.51. The highest BCUT2D eigenvalue weighted by Crippen LogP contribution is 2.40. The number of terminal acetylenes is 1. The van der Waals surface area contributed by atoms with E-state index >= 15 is 0 Å². The van der Waals surface area contributed by atoms with Crippen LogP contribution in [-0.4, -0.2) is 29.3 Å². The van der Waals surface area contributed by atoms with Gasteiger partial charge in [0.15, 0.2) is 23.3 Å². The molecule has 2 N–H and O–H groups in total. The molecule has 0 amide bonds. The number of benzene rings is 1. The topological polar surface area (TPSA) is 49.7 Å². The Morgan fingerprint density at radius 3 is 1.88 bits per heavy atom. The van der Waals surface area contributed by atoms with Crippen LogP contribution >= 0.6 is 29.3 Å². The molecule has 0 heterocycles. The van der Waals surface area contributed by atoms with Crippen molar-refractivity contribution in [1.82, 2.24) is 0 Å². The Balaban J connectivity index is 0.00000118. The number of rotatable bonds is 6. The van der Waals surface area contributed by atoms with Gasteiger partial charge in [-0.25, -0.2) is 22.0 Å². The largest absolute Gasteiger partial charge is 0.390 e. The molecule has 0 saturated carbocycles. The molecular formula is C13H12Cl2F5O3P. The standard InChI is InChI=1S/C13H11F5O2.Cl2HOP/c1-2-3-4-20-6-7(19)5-8-9(14)11(16)13(18)12(17)10(8)15;1-4(2)3/h1,7,19H,3-6H2;3H. The maximum atomic E-state index is 13.3. The van der Waals surface area contributed by atoms with Crippen molar-refractivity contribution in [3.8, 4) is 12.3 Å². The highest BCUT2D eigenvalue weighted by molar-refractivity contribution is 7.99. The molecule has 0 saturated heterocycles. The van der Waals surface area contributed by atoms with Crippen LogP contribution in [0.2, 0.25) is 0 Å². The highest BCUT2D eigenvalue weighted by Gasteiger charge is 2.26. The lowest BCUT2D eigenvalue weighted by Gasteiger charge is -2.13. The molecule has 0 bridgehead atoms. The van der Waals surface area contributed by atoms with Crippen LogP contribution in [0.5, 0.6) is 0 Å². The third kappa shape index (κ3) is 7.93. The Morgan fingerprint density at radius 1 is 1.04 bits per heavy atom. The number of halogens is 7. The van der Waals surface area contributed by atoms with Gasteiger partial charge in [-0.15, -0.1) is 12.3 Å². The third-order valence-corrected chi connectivity index (χ3v) is 2.44. The Kier molecular flexibility index (Phi) is 11.5. The minimum atomic E-state index is -2.23. The Bertz CT molecular complexity index is 552. The lowest BCUT2D eigenvalue weighted by molar-refractivity contribution is 0.0385. The summed E-state index contributed by atoms with van der Waals surface area (Å²) < 4.78 is 70.1. The number of aliphatic hydroxyl groups excluding tert-OH is 1. The molecule has 136 valence electrons. The summed E-state index contributed by atoms with van der Waals surface area (Å²) in [6.45, 7) is -1.89. The minimum absolute atomic E-state index is 0.116. The average molecular weight is 413 g/mol. The molecule has 1 aromatic rings. The SMILES string of the molecule is C#CCCOCC(O)Cc1c(F)c(F)c(F)c(F)c1F.OP(Cl)Cl. The predicted octanol–water partition coefficient (Wildman–Crippen LogP) is 4.01. The monoisotopic (exact) mass is 412 g/mol. The fourth-order valence-corrected chi connectivity index (χ4v) is 1.47. The van der Waals surface area contributed by atoms with Gasteiger partial charge < -0.3 is 14.7 Å². The first-order valence-corrected chi connectivity index (χ1v) is 9.24. The van der Waals surface area contributed by atoms with Crippen LogP contribution in [0.3, 0.4) is 0 Å². The zero-order chi connectivity index (χ0) is 18.9. The van der Waals surface area contributed by atoms with Crippen LogP contribution in [-0.2, 0) is 11.2 Å². The number of ether oxygens (including phenoxy) is 1. The molecule has 0 aromatic heterocycles. The second kappa shape index (κ2) is 11.8. The summed E-state index contributed by atoms with van der Waals surface area (Å²) in [4.78, 5) is 7.65. The van der Waals surface area contributed by atoms with Gasteiger partial charge in [0.1, 0.15) is 0 Å². The van der Waals surface area contributed by atoms with E-state index in [-0.39, 0.29) is 19.6 Å². The quantitative estimate of drug-likeness (QED) is 0.185. The van der Waals surface area contributed by atoms with E-state index in [0.717, 1.165) is 0 Å². The highest BCUT2D eigenvalue weighted by atomic mass is 35.9. The van der Waals surface area contributed by atoms with E-state index < -0.39 is 54.0 Å². The zero-order valence-corrected chi connectivity index (χ0v) is 14.3. The molecule has 3 nitrogen and oxygen atoms in total. The molecule has 1 rings (SSSR count). The molecule has 1 aromatic carbocycles. The van der Waals surface area contributed by atoms with Crippen molar-refractivity contribution in [3.63, 3.8) is 0 Å². The smallest absolute Gasteiger partial charge is 0.222 e. The van der Waals surface area contributed by atoms with Gasteiger partial charge >= 0.3 is 0 Å². The van der Waals surface area contributed by atoms with Gasteiger partial charge in [0.2, 0.25) is 12.7 Å². The van der Waals surface area contributed by atoms with Crippen molar-refractivity contribution in [1.29, 1.82) is 0 Å². The first-order valence-electron chi connectivity index (χ1n) is 6.13. The van der Waals surface area contributed by atoms with Crippen LogP contribution in [0.15, 0.2) is 0 Å². The summed E-state index contributed by atoms with van der Waals surface area (Å²) >= 11 is 9.32. The van der Waals surface area contributed by atoms with E-state index in [2.05, 4.69) is 28.4 Å². The first-order chi connectivity index (χ1) is 11.1. The molecule has 0 aliphatic heterocycles. The number of hydrogen-bond donors (Lipinski definition) is 2. The van der Waals surface area contributed by atoms with Crippen LogP contribution in [0.4, 0.5) is 22.0 Å². The molecule has 1 unspecified atom stereocenters. The summed E-state index contributed by atoms with van der Waals surface area (Å²) in [7, 11) is 0. The van der Waals surface area contributed by atoms with E-state index in [1.807, 2.05) is 0 Å². The molecule has 0 radical (unpaired) electrons. The molecule has 24 heavy (non-hydrogen) atoms. The predicted molar refractivity (Wildman–Crippen MR) is 81.1 cm³/mol. The van der Waals surface area contributed by atoms with Crippen LogP contribution in [0.1, 0.15) is 12.0 Å². The zero-order valence-electron chi connectivity index (χ0n) is 11.9. The van der Waals surface area contributed by atoms with Crippen molar-refractivity contribution in [2.45, 2.75) is 18.9 Å². The van der Waals surface area contributed by atoms with Gasteiger partial charge in [0.05, 0.1) is 19.3 Å². The summed E-state index contributed by atoms with van der Waals surface area (Å²) in [5.41, 5.74) is -1.07. The lowest BCUT2D eigenvalue weighted by Crippen LogP contribution is -2.21. The number of aliphatic hydroxyl groups is 1. The minimum Gasteiger partial charge on any atom is -0.390 e. The maximum Gasteiger partial charge on any atom is 0.222 e. The molecule has 1 atom stereocenters. The lowest BCUT2D eigenvalue weighted by atomic mass is 10.1. The van der Waals surface area contributed by atoms with Crippen LogP contribution in [0.25, 0.3) is 0 Å². The van der Waals surface area contributed by atoms with Crippen molar-refractivity contribution < 1.29 is 36.7 Å². The normalized spacial score (nSPS) is 11.7. The van der Waals surface area contributed by atoms with E-state index in [9.17, 15) is 27.1 Å². The van der Waals surface area contributed by atoms with Gasteiger partial charge in [-0.2, -0.15) is 0 Å². The van der Waals surface area contributed by atoms with E-state index in [0.29, 0.717) is 0 Å². The summed E-state index contributed by atoms with van der Waals surface area (Å²) in [5.74, 6) is -7.96. The number of hydrogen-bond acceptors (Lipinski definition) is 3. The first kappa shape index (κ1) is 23.3. The third-order valence-electron chi connectivity index (χ3n) is 2.44. The molecular weight excluding hydrogens is 401 g/mol. The van der Waals surface area contributed by atoms with Gasteiger partial charge in [0, 0.05) is 18.4 Å². The molecule has 0 aliphatic carbocycles. The van der Waals surface area contributed by atoms with Gasteiger partial charge in [-0.1, -0.05) is 0 Å². The Labute approximate surface area is 145 Å². The Hall–Kier alpha value is -0.680. The molecule has 11 heteroatoms. The van der Waals surface area contributed by atoms with E-state index in [4.69, 9.17) is 16.1 Å². The van der Waals surface area contributed by atoms with Crippen LogP contribution in [0, 0.1) is 41.4 Å². The van der Waals surface area contributed by atoms with Crippen molar-refractivity contribution in [2.24, 2.45) is 0 Å². The van der Waals surface area contributed by atoms with Crippen molar-refractivity contribution in [2.75, 3.05) is 13.2 Å². The van der Waals surface area contributed by atoms with Gasteiger partial charge in [0.25, 0.3) is 0 Å². The van der Waals surface area contributed by atoms with E-state index in [1.165, 1.54) is 0 Å². The second-order valence-corrected chi connectivity index (χ2v) is 7.02. The summed E-state index contributed by atoms with van der Waals surface area (Å²) in [6.07, 6.45) is 3.04. The molecule has 0 fully saturated rings. The van der Waals surface area contributed by atoms with Crippen molar-refractivity contribution in [3.05, 3.63) is 34.6 Å². The van der Waals surface area contributed by atoms with Crippen molar-refractivity contribution >= 4 is 29.3 Å². The molecule has 0 spiro atoms. The van der Waals surface area contributed by atoms with Gasteiger partial charge in [-0.3, -0.25) is 0 Å². The van der Waals surface area contributed by atoms with Crippen LogP contribution < -0.4 is 0 Å². The van der Waals surface area contributed by atoms with E-state index in [1.54, 1.807) is 0 Å². The summed E-state index contributed by atoms with van der Waals surface area (Å²) in [6, 6.07) is 0. The fraction of sp³-hybridized carbons (Fsp3) is 0.385. The van der Waals surface area contributed by atoms with Gasteiger partial charge in [-0.05, 0) is 22.5 Å².